The summed E-state index contributed by atoms with van der Waals surface area (Å²) in [6, 6.07) is 13.8. The van der Waals surface area contributed by atoms with Crippen molar-refractivity contribution in [1.82, 2.24) is 10.1 Å². The van der Waals surface area contributed by atoms with Gasteiger partial charge in [-0.05, 0) is 42.0 Å². The lowest BCUT2D eigenvalue weighted by Gasteiger charge is -2.12. The third kappa shape index (κ3) is 4.27. The Labute approximate surface area is 166 Å². The molecule has 1 aromatic carbocycles. The number of benzene rings is 1. The SMILES string of the molecule is COc1ccc(NC(=O)c2cc(-c3ccco3)on2)cc1OCc1ccncc1. The molecule has 8 heteroatoms. The summed E-state index contributed by atoms with van der Waals surface area (Å²) in [7, 11) is 1.55. The molecular formula is C21H17N3O5. The van der Waals surface area contributed by atoms with E-state index < -0.39 is 5.91 Å². The van der Waals surface area contributed by atoms with Gasteiger partial charge in [0.05, 0.1) is 13.4 Å². The first-order chi connectivity index (χ1) is 14.2. The molecule has 8 nitrogen and oxygen atoms in total. The van der Waals surface area contributed by atoms with E-state index in [0.717, 1.165) is 5.56 Å². The standard InChI is InChI=1S/C21H17N3O5/c1-26-17-5-4-15(11-19(17)28-13-14-6-8-22-9-7-14)23-21(25)16-12-20(29-24-16)18-3-2-10-27-18/h2-12H,13H2,1H3,(H,23,25). The second-order valence-corrected chi connectivity index (χ2v) is 6.02. The minimum Gasteiger partial charge on any atom is -0.493 e. The fraction of sp³-hybridized carbons (Fsp3) is 0.0952. The number of amides is 1. The van der Waals surface area contributed by atoms with Gasteiger partial charge in [0.2, 0.25) is 5.76 Å². The van der Waals surface area contributed by atoms with Crippen LogP contribution >= 0.6 is 0 Å². The van der Waals surface area contributed by atoms with Crippen molar-refractivity contribution in [2.75, 3.05) is 12.4 Å². The molecule has 0 fully saturated rings. The van der Waals surface area contributed by atoms with Crippen molar-refractivity contribution in [3.8, 4) is 23.0 Å². The molecule has 0 aliphatic carbocycles. The van der Waals surface area contributed by atoms with Crippen molar-refractivity contribution in [3.05, 3.63) is 78.4 Å². The minimum atomic E-state index is -0.420. The van der Waals surface area contributed by atoms with E-state index in [9.17, 15) is 4.79 Å². The average molecular weight is 391 g/mol. The van der Waals surface area contributed by atoms with Crippen molar-refractivity contribution < 1.29 is 23.2 Å². The van der Waals surface area contributed by atoms with E-state index in [1.165, 1.54) is 12.3 Å². The molecule has 0 bridgehead atoms. The molecule has 0 aliphatic rings. The normalized spacial score (nSPS) is 10.5. The van der Waals surface area contributed by atoms with Crippen molar-refractivity contribution in [2.24, 2.45) is 0 Å². The first kappa shape index (κ1) is 18.3. The van der Waals surface area contributed by atoms with Crippen LogP contribution in [0.25, 0.3) is 11.5 Å². The molecule has 0 saturated heterocycles. The molecule has 4 aromatic rings. The Bertz CT molecular complexity index is 1090. The molecule has 0 unspecified atom stereocenters. The molecule has 0 spiro atoms. The van der Waals surface area contributed by atoms with Crippen LogP contribution in [0.3, 0.4) is 0 Å². The van der Waals surface area contributed by atoms with Crippen molar-refractivity contribution in [2.45, 2.75) is 6.61 Å². The number of methoxy groups -OCH3 is 1. The highest BCUT2D eigenvalue weighted by Crippen LogP contribution is 2.31. The molecule has 3 aromatic heterocycles. The van der Waals surface area contributed by atoms with Gasteiger partial charge in [-0.1, -0.05) is 5.16 Å². The fourth-order valence-electron chi connectivity index (χ4n) is 2.62. The maximum absolute atomic E-state index is 12.5. The van der Waals surface area contributed by atoms with Crippen LogP contribution in [0.5, 0.6) is 11.5 Å². The predicted molar refractivity (Wildman–Crippen MR) is 104 cm³/mol. The molecular weight excluding hydrogens is 374 g/mol. The summed E-state index contributed by atoms with van der Waals surface area (Å²) >= 11 is 0. The highest BCUT2D eigenvalue weighted by molar-refractivity contribution is 6.03. The molecule has 0 aliphatic heterocycles. The maximum atomic E-state index is 12.5. The van der Waals surface area contributed by atoms with Gasteiger partial charge < -0.3 is 23.7 Å². The van der Waals surface area contributed by atoms with Crippen LogP contribution < -0.4 is 14.8 Å². The minimum absolute atomic E-state index is 0.131. The van der Waals surface area contributed by atoms with Gasteiger partial charge >= 0.3 is 0 Å². The van der Waals surface area contributed by atoms with Crippen molar-refractivity contribution in [1.29, 1.82) is 0 Å². The number of pyridine rings is 1. The van der Waals surface area contributed by atoms with Gasteiger partial charge in [-0.15, -0.1) is 0 Å². The van der Waals surface area contributed by atoms with E-state index in [0.29, 0.717) is 35.3 Å². The Morgan fingerprint density at radius 2 is 1.93 bits per heavy atom. The summed E-state index contributed by atoms with van der Waals surface area (Å²) in [4.78, 5) is 16.5. The Morgan fingerprint density at radius 1 is 1.07 bits per heavy atom. The van der Waals surface area contributed by atoms with E-state index >= 15 is 0 Å². The number of anilines is 1. The largest absolute Gasteiger partial charge is 0.493 e. The number of carbonyl (C=O) groups is 1. The van der Waals surface area contributed by atoms with Gasteiger partial charge in [0.15, 0.2) is 23.0 Å². The lowest BCUT2D eigenvalue weighted by Crippen LogP contribution is -2.12. The second kappa shape index (κ2) is 8.30. The number of furan rings is 1. The van der Waals surface area contributed by atoms with E-state index in [4.69, 9.17) is 18.4 Å². The molecule has 0 radical (unpaired) electrons. The number of aromatic nitrogens is 2. The van der Waals surface area contributed by atoms with Crippen LogP contribution in [0.2, 0.25) is 0 Å². The molecule has 0 saturated carbocycles. The Kier molecular flexibility index (Phi) is 5.24. The number of nitrogens with zero attached hydrogens (tertiary/aromatic N) is 2. The molecule has 29 heavy (non-hydrogen) atoms. The Morgan fingerprint density at radius 3 is 2.69 bits per heavy atom. The maximum Gasteiger partial charge on any atom is 0.277 e. The Balaban J connectivity index is 1.47. The van der Waals surface area contributed by atoms with Gasteiger partial charge in [0.25, 0.3) is 5.91 Å². The first-order valence-corrected chi connectivity index (χ1v) is 8.74. The quantitative estimate of drug-likeness (QED) is 0.505. The number of rotatable bonds is 7. The van der Waals surface area contributed by atoms with Crippen LogP contribution in [-0.2, 0) is 6.61 Å². The zero-order valence-electron chi connectivity index (χ0n) is 15.5. The number of ether oxygens (including phenoxy) is 2. The molecule has 0 atom stereocenters. The van der Waals surface area contributed by atoms with Gasteiger partial charge in [-0.3, -0.25) is 9.78 Å². The lowest BCUT2D eigenvalue weighted by molar-refractivity contribution is 0.101. The molecule has 4 rings (SSSR count). The topological polar surface area (TPSA) is 99.6 Å². The van der Waals surface area contributed by atoms with E-state index in [1.54, 1.807) is 49.8 Å². The van der Waals surface area contributed by atoms with Gasteiger partial charge in [-0.25, -0.2) is 0 Å². The third-order valence-electron chi connectivity index (χ3n) is 4.07. The monoisotopic (exact) mass is 391 g/mol. The van der Waals surface area contributed by atoms with Crippen LogP contribution in [0.15, 0.2) is 76.1 Å². The summed E-state index contributed by atoms with van der Waals surface area (Å²) < 4.78 is 21.6. The zero-order valence-corrected chi connectivity index (χ0v) is 15.5. The van der Waals surface area contributed by atoms with Crippen molar-refractivity contribution in [3.63, 3.8) is 0 Å². The highest BCUT2D eigenvalue weighted by Gasteiger charge is 2.16. The average Bonchev–Trinajstić information content (AvgIpc) is 3.45. The second-order valence-electron chi connectivity index (χ2n) is 6.02. The number of nitrogens with one attached hydrogen (secondary N) is 1. The van der Waals surface area contributed by atoms with Crippen LogP contribution in [0, 0.1) is 0 Å². The van der Waals surface area contributed by atoms with Gasteiger partial charge in [0.1, 0.15) is 6.61 Å². The molecule has 1 amide bonds. The molecule has 146 valence electrons. The van der Waals surface area contributed by atoms with E-state index in [-0.39, 0.29) is 5.69 Å². The summed E-state index contributed by atoms with van der Waals surface area (Å²) in [5, 5.41) is 6.56. The van der Waals surface area contributed by atoms with Gasteiger partial charge in [0, 0.05) is 30.2 Å². The zero-order chi connectivity index (χ0) is 20.1. The highest BCUT2D eigenvalue weighted by atomic mass is 16.5. The lowest BCUT2D eigenvalue weighted by atomic mass is 10.2. The Hall–Kier alpha value is -4.07. The summed E-state index contributed by atoms with van der Waals surface area (Å²) in [6.45, 7) is 0.339. The van der Waals surface area contributed by atoms with Crippen LogP contribution in [-0.4, -0.2) is 23.2 Å². The molecule has 1 N–H and O–H groups in total. The predicted octanol–water partition coefficient (Wildman–Crippen LogP) is 4.17. The number of hydrogen-bond acceptors (Lipinski definition) is 7. The van der Waals surface area contributed by atoms with Crippen molar-refractivity contribution >= 4 is 11.6 Å². The summed E-state index contributed by atoms with van der Waals surface area (Å²) in [6.07, 6.45) is 4.91. The van der Waals surface area contributed by atoms with Crippen LogP contribution in [0.4, 0.5) is 5.69 Å². The summed E-state index contributed by atoms with van der Waals surface area (Å²) in [5.74, 6) is 1.50. The summed E-state index contributed by atoms with van der Waals surface area (Å²) in [5.41, 5.74) is 1.62. The first-order valence-electron chi connectivity index (χ1n) is 8.74. The van der Waals surface area contributed by atoms with E-state index in [2.05, 4.69) is 15.5 Å². The number of carbonyl (C=O) groups excluding carboxylic acids is 1. The van der Waals surface area contributed by atoms with E-state index in [1.807, 2.05) is 12.1 Å². The fourth-order valence-corrected chi connectivity index (χ4v) is 2.62. The number of hydrogen-bond donors (Lipinski definition) is 1. The molecule has 3 heterocycles. The smallest absolute Gasteiger partial charge is 0.277 e. The third-order valence-corrected chi connectivity index (χ3v) is 4.07. The van der Waals surface area contributed by atoms with Gasteiger partial charge in [-0.2, -0.15) is 0 Å². The van der Waals surface area contributed by atoms with Crippen LogP contribution in [0.1, 0.15) is 16.1 Å².